The molecule has 0 bridgehead atoms. The SMILES string of the molecule is Cc1cc(C(C)(C)C)ccc1NC(=O)COCC(=O)O. The van der Waals surface area contributed by atoms with Crippen molar-refractivity contribution in [3.63, 3.8) is 0 Å². The van der Waals surface area contributed by atoms with Gasteiger partial charge in [0.2, 0.25) is 5.91 Å². The molecule has 1 rings (SSSR count). The van der Waals surface area contributed by atoms with Crippen molar-refractivity contribution in [2.45, 2.75) is 33.1 Å². The fraction of sp³-hybridized carbons (Fsp3) is 0.467. The van der Waals surface area contributed by atoms with Crippen LogP contribution >= 0.6 is 0 Å². The highest BCUT2D eigenvalue weighted by molar-refractivity contribution is 5.92. The van der Waals surface area contributed by atoms with Gasteiger partial charge in [0.15, 0.2) is 0 Å². The fourth-order valence-corrected chi connectivity index (χ4v) is 1.69. The lowest BCUT2D eigenvalue weighted by atomic mass is 9.86. The monoisotopic (exact) mass is 279 g/mol. The fourth-order valence-electron chi connectivity index (χ4n) is 1.69. The molecule has 5 heteroatoms. The van der Waals surface area contributed by atoms with Crippen molar-refractivity contribution in [2.75, 3.05) is 18.5 Å². The summed E-state index contributed by atoms with van der Waals surface area (Å²) in [4.78, 5) is 21.9. The lowest BCUT2D eigenvalue weighted by Gasteiger charge is -2.20. The maximum Gasteiger partial charge on any atom is 0.329 e. The highest BCUT2D eigenvalue weighted by atomic mass is 16.5. The van der Waals surface area contributed by atoms with Gasteiger partial charge in [-0.3, -0.25) is 4.79 Å². The average Bonchev–Trinajstić information content (AvgIpc) is 2.29. The zero-order valence-corrected chi connectivity index (χ0v) is 12.3. The maximum absolute atomic E-state index is 11.6. The number of amides is 1. The van der Waals surface area contributed by atoms with Crippen LogP contribution in [0.3, 0.4) is 0 Å². The summed E-state index contributed by atoms with van der Waals surface area (Å²) >= 11 is 0. The number of hydrogen-bond acceptors (Lipinski definition) is 3. The van der Waals surface area contributed by atoms with Crippen LogP contribution in [-0.4, -0.2) is 30.2 Å². The number of aryl methyl sites for hydroxylation is 1. The number of aliphatic carboxylic acids is 1. The number of carboxylic acids is 1. The number of carbonyl (C=O) groups is 2. The van der Waals surface area contributed by atoms with Crippen molar-refractivity contribution in [1.82, 2.24) is 0 Å². The third-order valence-corrected chi connectivity index (χ3v) is 2.83. The van der Waals surface area contributed by atoms with Gasteiger partial charge in [0.25, 0.3) is 0 Å². The van der Waals surface area contributed by atoms with Crippen LogP contribution in [0.15, 0.2) is 18.2 Å². The van der Waals surface area contributed by atoms with Gasteiger partial charge >= 0.3 is 5.97 Å². The zero-order chi connectivity index (χ0) is 15.3. The van der Waals surface area contributed by atoms with Gasteiger partial charge in [0.1, 0.15) is 13.2 Å². The number of carbonyl (C=O) groups excluding carboxylic acids is 1. The first-order valence-corrected chi connectivity index (χ1v) is 6.40. The van der Waals surface area contributed by atoms with Gasteiger partial charge in [-0.2, -0.15) is 0 Å². The smallest absolute Gasteiger partial charge is 0.329 e. The number of carboxylic acid groups (broad SMARTS) is 1. The molecular weight excluding hydrogens is 258 g/mol. The second kappa shape index (κ2) is 6.52. The van der Waals surface area contributed by atoms with Crippen LogP contribution in [0.4, 0.5) is 5.69 Å². The van der Waals surface area contributed by atoms with E-state index < -0.39 is 12.6 Å². The molecule has 1 amide bonds. The molecule has 20 heavy (non-hydrogen) atoms. The molecule has 5 nitrogen and oxygen atoms in total. The van der Waals surface area contributed by atoms with Crippen LogP contribution in [0, 0.1) is 6.92 Å². The van der Waals surface area contributed by atoms with E-state index in [1.54, 1.807) is 0 Å². The molecule has 0 fully saturated rings. The molecule has 0 aliphatic rings. The van der Waals surface area contributed by atoms with E-state index in [4.69, 9.17) is 9.84 Å². The van der Waals surface area contributed by atoms with Gasteiger partial charge in [0, 0.05) is 5.69 Å². The van der Waals surface area contributed by atoms with Gasteiger partial charge in [0.05, 0.1) is 0 Å². The van der Waals surface area contributed by atoms with E-state index in [1.807, 2.05) is 25.1 Å². The molecule has 0 saturated carbocycles. The summed E-state index contributed by atoms with van der Waals surface area (Å²) in [5, 5.41) is 11.1. The molecule has 0 atom stereocenters. The van der Waals surface area contributed by atoms with Gasteiger partial charge in [-0.25, -0.2) is 4.79 Å². The molecule has 0 spiro atoms. The summed E-state index contributed by atoms with van der Waals surface area (Å²) < 4.78 is 4.74. The van der Waals surface area contributed by atoms with Crippen molar-refractivity contribution < 1.29 is 19.4 Å². The standard InChI is InChI=1S/C15H21NO4/c1-10-7-11(15(2,3)4)5-6-12(10)16-13(17)8-20-9-14(18)19/h5-7H,8-9H2,1-4H3,(H,16,17)(H,18,19). The predicted octanol–water partition coefficient (Wildman–Crippen LogP) is 2.33. The van der Waals surface area contributed by atoms with Gasteiger partial charge in [-0.05, 0) is 29.5 Å². The Balaban J connectivity index is 2.65. The summed E-state index contributed by atoms with van der Waals surface area (Å²) in [6.45, 7) is 7.55. The van der Waals surface area contributed by atoms with Crippen molar-refractivity contribution >= 4 is 17.6 Å². The number of rotatable bonds is 5. The van der Waals surface area contributed by atoms with E-state index in [2.05, 4.69) is 26.1 Å². The molecule has 1 aromatic rings. The van der Waals surface area contributed by atoms with E-state index in [1.165, 1.54) is 5.56 Å². The van der Waals surface area contributed by atoms with Crippen LogP contribution in [0.25, 0.3) is 0 Å². The Kier molecular flexibility index (Phi) is 5.27. The van der Waals surface area contributed by atoms with E-state index >= 15 is 0 Å². The van der Waals surface area contributed by atoms with Crippen molar-refractivity contribution in [2.24, 2.45) is 0 Å². The van der Waals surface area contributed by atoms with Crippen LogP contribution in [0.5, 0.6) is 0 Å². The van der Waals surface area contributed by atoms with E-state index in [0.717, 1.165) is 5.56 Å². The van der Waals surface area contributed by atoms with Crippen LogP contribution in [0.2, 0.25) is 0 Å². The van der Waals surface area contributed by atoms with Crippen LogP contribution in [-0.2, 0) is 19.7 Å². The van der Waals surface area contributed by atoms with Gasteiger partial charge in [-0.1, -0.05) is 32.9 Å². The first kappa shape index (κ1) is 16.2. The Morgan fingerprint density at radius 1 is 1.25 bits per heavy atom. The first-order chi connectivity index (χ1) is 9.20. The summed E-state index contributed by atoms with van der Waals surface area (Å²) in [6.07, 6.45) is 0. The molecule has 110 valence electrons. The normalized spacial score (nSPS) is 11.2. The highest BCUT2D eigenvalue weighted by Gasteiger charge is 2.15. The number of anilines is 1. The minimum Gasteiger partial charge on any atom is -0.480 e. The molecule has 0 saturated heterocycles. The molecule has 0 radical (unpaired) electrons. The lowest BCUT2D eigenvalue weighted by Crippen LogP contribution is -2.21. The largest absolute Gasteiger partial charge is 0.480 e. The maximum atomic E-state index is 11.6. The van der Waals surface area contributed by atoms with Crippen molar-refractivity contribution in [3.8, 4) is 0 Å². The van der Waals surface area contributed by atoms with Crippen molar-refractivity contribution in [1.29, 1.82) is 0 Å². The molecule has 0 unspecified atom stereocenters. The number of ether oxygens (including phenoxy) is 1. The summed E-state index contributed by atoms with van der Waals surface area (Å²) in [6, 6.07) is 5.86. The first-order valence-electron chi connectivity index (χ1n) is 6.40. The Bertz CT molecular complexity index is 503. The van der Waals surface area contributed by atoms with E-state index in [0.29, 0.717) is 5.69 Å². The topological polar surface area (TPSA) is 75.6 Å². The average molecular weight is 279 g/mol. The molecule has 2 N–H and O–H groups in total. The quantitative estimate of drug-likeness (QED) is 0.867. The summed E-state index contributed by atoms with van der Waals surface area (Å²) in [5.41, 5.74) is 2.92. The Hall–Kier alpha value is -1.88. The Morgan fingerprint density at radius 3 is 2.40 bits per heavy atom. The molecule has 0 aromatic heterocycles. The van der Waals surface area contributed by atoms with Crippen LogP contribution < -0.4 is 5.32 Å². The number of nitrogens with one attached hydrogen (secondary N) is 1. The van der Waals surface area contributed by atoms with Crippen LogP contribution in [0.1, 0.15) is 31.9 Å². The Morgan fingerprint density at radius 2 is 1.90 bits per heavy atom. The molecule has 0 aliphatic carbocycles. The lowest BCUT2D eigenvalue weighted by molar-refractivity contribution is -0.143. The summed E-state index contributed by atoms with van der Waals surface area (Å²) in [5.74, 6) is -1.46. The minimum absolute atomic E-state index is 0.0535. The van der Waals surface area contributed by atoms with E-state index in [9.17, 15) is 9.59 Å². The molecule has 0 aliphatic heterocycles. The van der Waals surface area contributed by atoms with Gasteiger partial charge in [-0.15, -0.1) is 0 Å². The third kappa shape index (κ3) is 5.01. The molecule has 1 aromatic carbocycles. The summed E-state index contributed by atoms with van der Waals surface area (Å²) in [7, 11) is 0. The number of benzene rings is 1. The van der Waals surface area contributed by atoms with Gasteiger partial charge < -0.3 is 15.2 Å². The second-order valence-corrected chi connectivity index (χ2v) is 5.71. The molecular formula is C15H21NO4. The highest BCUT2D eigenvalue weighted by Crippen LogP contribution is 2.26. The minimum atomic E-state index is -1.09. The zero-order valence-electron chi connectivity index (χ0n) is 12.3. The number of hydrogen-bond donors (Lipinski definition) is 2. The second-order valence-electron chi connectivity index (χ2n) is 5.71. The third-order valence-electron chi connectivity index (χ3n) is 2.83. The Labute approximate surface area is 118 Å². The molecule has 0 heterocycles. The van der Waals surface area contributed by atoms with E-state index in [-0.39, 0.29) is 17.9 Å². The van der Waals surface area contributed by atoms with Crippen molar-refractivity contribution in [3.05, 3.63) is 29.3 Å². The predicted molar refractivity (Wildman–Crippen MR) is 77.0 cm³/mol.